The second-order valence-corrected chi connectivity index (χ2v) is 7.16. The summed E-state index contributed by atoms with van der Waals surface area (Å²) in [5.74, 6) is 0.0389. The molecule has 1 aromatic rings. The average Bonchev–Trinajstić information content (AvgIpc) is 3.09. The van der Waals surface area contributed by atoms with Crippen molar-refractivity contribution in [2.24, 2.45) is 7.05 Å². The number of carbonyl (C=O) groups is 1. The Bertz CT molecular complexity index is 565. The van der Waals surface area contributed by atoms with Gasteiger partial charge in [-0.1, -0.05) is 12.8 Å². The Labute approximate surface area is 138 Å². The summed E-state index contributed by atoms with van der Waals surface area (Å²) >= 11 is 0. The van der Waals surface area contributed by atoms with Gasteiger partial charge in [-0.3, -0.25) is 14.4 Å². The van der Waals surface area contributed by atoms with Gasteiger partial charge in [0.25, 0.3) is 5.91 Å². The summed E-state index contributed by atoms with van der Waals surface area (Å²) in [4.78, 5) is 15.0. The van der Waals surface area contributed by atoms with Crippen molar-refractivity contribution in [3.63, 3.8) is 0 Å². The molecule has 6 nitrogen and oxygen atoms in total. The highest BCUT2D eigenvalue weighted by Gasteiger charge is 2.40. The molecule has 2 fully saturated rings. The maximum atomic E-state index is 12.7. The van der Waals surface area contributed by atoms with Gasteiger partial charge in [0.2, 0.25) is 0 Å². The second kappa shape index (κ2) is 6.61. The molecule has 2 aliphatic rings. The van der Waals surface area contributed by atoms with E-state index in [0.29, 0.717) is 19.2 Å². The second-order valence-electron chi connectivity index (χ2n) is 7.16. The Balaban J connectivity index is 1.62. The number of carbonyl (C=O) groups excluding carboxylic acids is 1. The fraction of sp³-hybridized carbons (Fsp3) is 0.765. The molecule has 3 rings (SSSR count). The molecule has 1 saturated heterocycles. The molecule has 0 spiro atoms. The van der Waals surface area contributed by atoms with Crippen molar-refractivity contribution in [3.05, 3.63) is 17.5 Å². The summed E-state index contributed by atoms with van der Waals surface area (Å²) in [6.07, 6.45) is 6.69. The Hall–Kier alpha value is -1.40. The number of aromatic nitrogens is 2. The first-order valence-corrected chi connectivity index (χ1v) is 8.63. The molecule has 0 unspecified atom stereocenters. The molecule has 0 radical (unpaired) electrons. The van der Waals surface area contributed by atoms with E-state index in [-0.39, 0.29) is 5.91 Å². The van der Waals surface area contributed by atoms with Gasteiger partial charge in [0, 0.05) is 44.5 Å². The van der Waals surface area contributed by atoms with Crippen molar-refractivity contribution >= 4 is 5.91 Å². The van der Waals surface area contributed by atoms with Gasteiger partial charge in [0.15, 0.2) is 5.60 Å². The minimum atomic E-state index is -0.753. The molecule has 2 heterocycles. The SMILES string of the molecule is Cc1nn(C)cc1CN1CCO[C@](C)(C(=O)NC2CCCC2)C1. The predicted molar refractivity (Wildman–Crippen MR) is 88.0 cm³/mol. The van der Waals surface area contributed by atoms with Crippen LogP contribution in [0.1, 0.15) is 43.9 Å². The van der Waals surface area contributed by atoms with Gasteiger partial charge < -0.3 is 10.1 Å². The molecule has 6 heteroatoms. The van der Waals surface area contributed by atoms with E-state index in [1.807, 2.05) is 25.6 Å². The lowest BCUT2D eigenvalue weighted by atomic mass is 10.0. The number of amides is 1. The lowest BCUT2D eigenvalue weighted by Gasteiger charge is -2.39. The number of ether oxygens (including phenoxy) is 1. The van der Waals surface area contributed by atoms with E-state index in [9.17, 15) is 4.79 Å². The quantitative estimate of drug-likeness (QED) is 0.910. The van der Waals surface area contributed by atoms with Gasteiger partial charge in [-0.2, -0.15) is 5.10 Å². The number of nitrogens with one attached hydrogen (secondary N) is 1. The van der Waals surface area contributed by atoms with Crippen LogP contribution in [0.4, 0.5) is 0 Å². The zero-order valence-corrected chi connectivity index (χ0v) is 14.5. The Kier molecular flexibility index (Phi) is 4.73. The van der Waals surface area contributed by atoms with Crippen LogP contribution in [0, 0.1) is 6.92 Å². The van der Waals surface area contributed by atoms with Gasteiger partial charge in [-0.05, 0) is 26.7 Å². The van der Waals surface area contributed by atoms with Gasteiger partial charge in [0.1, 0.15) is 0 Å². The molecule has 1 saturated carbocycles. The Morgan fingerprint density at radius 3 is 2.87 bits per heavy atom. The minimum Gasteiger partial charge on any atom is -0.363 e. The summed E-state index contributed by atoms with van der Waals surface area (Å²) in [7, 11) is 1.94. The smallest absolute Gasteiger partial charge is 0.253 e. The predicted octanol–water partition coefficient (Wildman–Crippen LogP) is 1.38. The van der Waals surface area contributed by atoms with Crippen LogP contribution in [0.3, 0.4) is 0 Å². The number of aryl methyl sites for hydroxylation is 2. The molecule has 23 heavy (non-hydrogen) atoms. The molecule has 1 atom stereocenters. The zero-order chi connectivity index (χ0) is 16.4. The third kappa shape index (κ3) is 3.75. The highest BCUT2D eigenvalue weighted by molar-refractivity contribution is 5.85. The molecule has 0 aromatic carbocycles. The lowest BCUT2D eigenvalue weighted by Crippen LogP contribution is -2.59. The van der Waals surface area contributed by atoms with Crippen LogP contribution in [0.25, 0.3) is 0 Å². The van der Waals surface area contributed by atoms with E-state index >= 15 is 0 Å². The minimum absolute atomic E-state index is 0.0389. The number of morpholine rings is 1. The van der Waals surface area contributed by atoms with Gasteiger partial charge in [-0.25, -0.2) is 0 Å². The fourth-order valence-electron chi connectivity index (χ4n) is 3.68. The topological polar surface area (TPSA) is 59.4 Å². The fourth-order valence-corrected chi connectivity index (χ4v) is 3.68. The normalized spacial score (nSPS) is 26.6. The van der Waals surface area contributed by atoms with Crippen LogP contribution in [0.2, 0.25) is 0 Å². The van der Waals surface area contributed by atoms with E-state index in [0.717, 1.165) is 31.6 Å². The first-order valence-electron chi connectivity index (χ1n) is 8.63. The highest BCUT2D eigenvalue weighted by Crippen LogP contribution is 2.23. The standard InChI is InChI=1S/C17H28N4O2/c1-13-14(10-20(3)19-13)11-21-8-9-23-17(2,12-21)16(22)18-15-6-4-5-7-15/h10,15H,4-9,11-12H2,1-3H3,(H,18,22)/t17-/m0/s1. The van der Waals surface area contributed by atoms with Gasteiger partial charge in [-0.15, -0.1) is 0 Å². The van der Waals surface area contributed by atoms with Crippen molar-refractivity contribution in [2.75, 3.05) is 19.7 Å². The highest BCUT2D eigenvalue weighted by atomic mass is 16.5. The third-order valence-electron chi connectivity index (χ3n) is 5.03. The summed E-state index contributed by atoms with van der Waals surface area (Å²) < 4.78 is 7.71. The number of hydrogen-bond acceptors (Lipinski definition) is 4. The van der Waals surface area contributed by atoms with Crippen LogP contribution in [0.5, 0.6) is 0 Å². The van der Waals surface area contributed by atoms with E-state index < -0.39 is 5.60 Å². The van der Waals surface area contributed by atoms with E-state index in [1.165, 1.54) is 18.4 Å². The molecule has 1 aromatic heterocycles. The molecular formula is C17H28N4O2. The molecule has 1 aliphatic carbocycles. The molecule has 1 aliphatic heterocycles. The van der Waals surface area contributed by atoms with E-state index in [1.54, 1.807) is 0 Å². The summed E-state index contributed by atoms with van der Waals surface area (Å²) in [5.41, 5.74) is 1.51. The van der Waals surface area contributed by atoms with Crippen molar-refractivity contribution in [1.29, 1.82) is 0 Å². The summed E-state index contributed by atoms with van der Waals surface area (Å²) in [6, 6.07) is 0.332. The van der Waals surface area contributed by atoms with Crippen LogP contribution < -0.4 is 5.32 Å². The number of hydrogen-bond donors (Lipinski definition) is 1. The van der Waals surface area contributed by atoms with Crippen molar-refractivity contribution in [2.45, 2.75) is 57.7 Å². The van der Waals surface area contributed by atoms with Crippen LogP contribution in [0.15, 0.2) is 6.20 Å². The Morgan fingerprint density at radius 1 is 1.48 bits per heavy atom. The van der Waals surface area contributed by atoms with Crippen molar-refractivity contribution in [1.82, 2.24) is 20.0 Å². The summed E-state index contributed by atoms with van der Waals surface area (Å²) in [5, 5.41) is 7.58. The maximum Gasteiger partial charge on any atom is 0.253 e. The molecule has 128 valence electrons. The first-order chi connectivity index (χ1) is 11.0. The van der Waals surface area contributed by atoms with Crippen molar-refractivity contribution in [3.8, 4) is 0 Å². The van der Waals surface area contributed by atoms with Crippen LogP contribution >= 0.6 is 0 Å². The van der Waals surface area contributed by atoms with Crippen LogP contribution in [-0.4, -0.2) is 51.9 Å². The average molecular weight is 320 g/mol. The molecule has 1 N–H and O–H groups in total. The van der Waals surface area contributed by atoms with Crippen LogP contribution in [-0.2, 0) is 23.1 Å². The zero-order valence-electron chi connectivity index (χ0n) is 14.5. The molecular weight excluding hydrogens is 292 g/mol. The largest absolute Gasteiger partial charge is 0.363 e. The Morgan fingerprint density at radius 2 is 2.22 bits per heavy atom. The summed E-state index contributed by atoms with van der Waals surface area (Å²) in [6.45, 7) is 6.82. The first kappa shape index (κ1) is 16.5. The number of rotatable bonds is 4. The van der Waals surface area contributed by atoms with Gasteiger partial charge in [0.05, 0.1) is 12.3 Å². The van der Waals surface area contributed by atoms with E-state index in [2.05, 4.69) is 21.5 Å². The van der Waals surface area contributed by atoms with E-state index in [4.69, 9.17) is 4.74 Å². The maximum absolute atomic E-state index is 12.7. The monoisotopic (exact) mass is 320 g/mol. The number of nitrogens with zero attached hydrogens (tertiary/aromatic N) is 3. The van der Waals surface area contributed by atoms with Crippen molar-refractivity contribution < 1.29 is 9.53 Å². The van der Waals surface area contributed by atoms with Gasteiger partial charge >= 0.3 is 0 Å². The molecule has 1 amide bonds. The molecule has 0 bridgehead atoms. The third-order valence-corrected chi connectivity index (χ3v) is 5.03. The lowest BCUT2D eigenvalue weighted by molar-refractivity contribution is -0.157.